The molecule has 1 fully saturated rings. The van der Waals surface area contributed by atoms with Crippen molar-refractivity contribution in [2.75, 3.05) is 16.8 Å². The molecule has 1 N–H and O–H groups in total. The molecule has 0 unspecified atom stereocenters. The number of aromatic nitrogens is 2. The summed E-state index contributed by atoms with van der Waals surface area (Å²) >= 11 is 5.87. The molecule has 1 saturated heterocycles. The second kappa shape index (κ2) is 8.03. The highest BCUT2D eigenvalue weighted by molar-refractivity contribution is 6.30. The molecule has 11 heteroatoms. The number of carbonyl (C=O) groups excluding carboxylic acids is 2. The number of rotatable bonds is 4. The molecule has 1 aromatic heterocycles. The molecule has 160 valence electrons. The Kier molecular flexibility index (Phi) is 5.40. The van der Waals surface area contributed by atoms with Crippen LogP contribution >= 0.6 is 11.6 Å². The topological polar surface area (TPSA) is 88.3 Å². The predicted octanol–water partition coefficient (Wildman–Crippen LogP) is 4.51. The molecular formula is C20H14ClF3N4O3. The molecule has 2 amide bonds. The van der Waals surface area contributed by atoms with Gasteiger partial charge in [-0.3, -0.25) is 14.9 Å². The maximum absolute atomic E-state index is 12.6. The molecule has 0 spiro atoms. The van der Waals surface area contributed by atoms with Crippen molar-refractivity contribution in [3.63, 3.8) is 0 Å². The molecule has 2 aromatic carbocycles. The highest BCUT2D eigenvalue weighted by Crippen LogP contribution is 2.32. The minimum absolute atomic E-state index is 0.00212. The van der Waals surface area contributed by atoms with Crippen LogP contribution in [0.3, 0.4) is 0 Å². The molecule has 7 nitrogen and oxygen atoms in total. The lowest BCUT2D eigenvalue weighted by Crippen LogP contribution is -2.24. The Morgan fingerprint density at radius 2 is 1.77 bits per heavy atom. The number of benzene rings is 2. The molecule has 0 saturated carbocycles. The Morgan fingerprint density at radius 1 is 1.10 bits per heavy atom. The second-order valence-corrected chi connectivity index (χ2v) is 7.29. The van der Waals surface area contributed by atoms with Gasteiger partial charge in [0.2, 0.25) is 11.8 Å². The van der Waals surface area contributed by atoms with E-state index < -0.39 is 17.6 Å². The van der Waals surface area contributed by atoms with Crippen LogP contribution in [-0.4, -0.2) is 28.6 Å². The predicted molar refractivity (Wildman–Crippen MR) is 105 cm³/mol. The average Bonchev–Trinajstić information content (AvgIpc) is 3.34. The van der Waals surface area contributed by atoms with Crippen LogP contribution in [0, 0.1) is 0 Å². The van der Waals surface area contributed by atoms with Crippen LogP contribution in [0.2, 0.25) is 5.02 Å². The van der Waals surface area contributed by atoms with Gasteiger partial charge in [-0.1, -0.05) is 16.7 Å². The molecule has 3 aromatic rings. The monoisotopic (exact) mass is 450 g/mol. The summed E-state index contributed by atoms with van der Waals surface area (Å²) in [5.41, 5.74) is -0.176. The highest BCUT2D eigenvalue weighted by atomic mass is 35.5. The van der Waals surface area contributed by atoms with Gasteiger partial charge in [-0.2, -0.15) is 13.2 Å². The van der Waals surface area contributed by atoms with Crippen molar-refractivity contribution in [3.8, 4) is 0 Å². The molecule has 0 aliphatic carbocycles. The Bertz CT molecular complexity index is 1110. The fourth-order valence-electron chi connectivity index (χ4n) is 3.17. The van der Waals surface area contributed by atoms with Crippen molar-refractivity contribution in [3.05, 3.63) is 70.6 Å². The van der Waals surface area contributed by atoms with Crippen molar-refractivity contribution < 1.29 is 27.2 Å². The van der Waals surface area contributed by atoms with Gasteiger partial charge in [0, 0.05) is 29.2 Å². The lowest BCUT2D eigenvalue weighted by molar-refractivity contribution is -0.137. The maximum atomic E-state index is 12.6. The van der Waals surface area contributed by atoms with Gasteiger partial charge in [-0.25, -0.2) is 0 Å². The minimum atomic E-state index is -4.49. The van der Waals surface area contributed by atoms with Gasteiger partial charge in [0.25, 0.3) is 5.91 Å². The van der Waals surface area contributed by atoms with E-state index in [-0.39, 0.29) is 35.7 Å². The lowest BCUT2D eigenvalue weighted by Gasteiger charge is -2.16. The molecule has 0 radical (unpaired) electrons. The summed E-state index contributed by atoms with van der Waals surface area (Å²) in [6.45, 7) is 0.314. The van der Waals surface area contributed by atoms with Crippen LogP contribution in [0.1, 0.15) is 34.2 Å². The second-order valence-electron chi connectivity index (χ2n) is 6.86. The van der Waals surface area contributed by atoms with Gasteiger partial charge in [-0.15, -0.1) is 5.10 Å². The third-order valence-electron chi connectivity index (χ3n) is 4.75. The third kappa shape index (κ3) is 4.53. The van der Waals surface area contributed by atoms with E-state index in [1.54, 1.807) is 29.2 Å². The summed E-state index contributed by atoms with van der Waals surface area (Å²) in [6, 6.07) is 10.3. The number of alkyl halides is 3. The van der Waals surface area contributed by atoms with Crippen LogP contribution in [0.15, 0.2) is 52.9 Å². The molecule has 0 bridgehead atoms. The van der Waals surface area contributed by atoms with Crippen LogP contribution in [0.25, 0.3) is 0 Å². The molecule has 1 atom stereocenters. The smallest absolute Gasteiger partial charge is 0.407 e. The molecular weight excluding hydrogens is 437 g/mol. The number of hydrogen-bond acceptors (Lipinski definition) is 5. The first kappa shape index (κ1) is 20.9. The van der Waals surface area contributed by atoms with Crippen LogP contribution in [0.5, 0.6) is 0 Å². The number of carbonyl (C=O) groups is 2. The van der Waals surface area contributed by atoms with Crippen molar-refractivity contribution >= 4 is 35.1 Å². The molecule has 1 aliphatic heterocycles. The van der Waals surface area contributed by atoms with E-state index >= 15 is 0 Å². The fraction of sp³-hybridized carbons (Fsp3) is 0.200. The zero-order chi connectivity index (χ0) is 22.2. The summed E-state index contributed by atoms with van der Waals surface area (Å²) < 4.78 is 43.4. The maximum Gasteiger partial charge on any atom is 0.416 e. The molecule has 4 rings (SSSR count). The number of halogens is 4. The first-order valence-electron chi connectivity index (χ1n) is 9.08. The van der Waals surface area contributed by atoms with E-state index in [9.17, 15) is 22.8 Å². The van der Waals surface area contributed by atoms with Gasteiger partial charge in [-0.05, 0) is 48.5 Å². The van der Waals surface area contributed by atoms with E-state index in [1.165, 1.54) is 0 Å². The van der Waals surface area contributed by atoms with E-state index in [0.29, 0.717) is 17.3 Å². The number of hydrogen-bond donors (Lipinski definition) is 1. The van der Waals surface area contributed by atoms with Crippen molar-refractivity contribution in [2.24, 2.45) is 0 Å². The average molecular weight is 451 g/mol. The standard InChI is InChI=1S/C20H14ClF3N4O3/c21-14-5-7-15(8-6-14)28-10-12(9-16(28)29)18-26-27-19(31-18)25-17(30)11-1-3-13(4-2-11)20(22,23)24/h1-8,12H,9-10H2,(H,25,27,30)/t12-/m0/s1. The molecule has 1 aliphatic rings. The number of nitrogens with one attached hydrogen (secondary N) is 1. The SMILES string of the molecule is O=C(Nc1nnc([C@H]2CC(=O)N(c3ccc(Cl)cc3)C2)o1)c1ccc(C(F)(F)F)cc1. The Balaban J connectivity index is 1.42. The number of anilines is 2. The zero-order valence-corrected chi connectivity index (χ0v) is 16.4. The summed E-state index contributed by atoms with van der Waals surface area (Å²) in [4.78, 5) is 26.2. The van der Waals surface area contributed by atoms with E-state index in [1.807, 2.05) is 0 Å². The van der Waals surface area contributed by atoms with Crippen molar-refractivity contribution in [1.82, 2.24) is 10.2 Å². The van der Waals surface area contributed by atoms with Gasteiger partial charge < -0.3 is 9.32 Å². The zero-order valence-electron chi connectivity index (χ0n) is 15.7. The number of amides is 2. The first-order chi connectivity index (χ1) is 14.7. The van der Waals surface area contributed by atoms with Crippen LogP contribution < -0.4 is 10.2 Å². The minimum Gasteiger partial charge on any atom is -0.407 e. The van der Waals surface area contributed by atoms with Gasteiger partial charge >= 0.3 is 12.2 Å². The fourth-order valence-corrected chi connectivity index (χ4v) is 3.30. The normalized spacial score (nSPS) is 16.6. The van der Waals surface area contributed by atoms with Crippen LogP contribution in [-0.2, 0) is 11.0 Å². The Morgan fingerprint density at radius 3 is 2.42 bits per heavy atom. The summed E-state index contributed by atoms with van der Waals surface area (Å²) in [5, 5.41) is 10.5. The van der Waals surface area contributed by atoms with Crippen LogP contribution in [0.4, 0.5) is 24.9 Å². The van der Waals surface area contributed by atoms with Crippen molar-refractivity contribution in [1.29, 1.82) is 0 Å². The Hall–Kier alpha value is -3.40. The van der Waals surface area contributed by atoms with Gasteiger partial charge in [0.05, 0.1) is 11.5 Å². The molecule has 31 heavy (non-hydrogen) atoms. The quantitative estimate of drug-likeness (QED) is 0.631. The summed E-state index contributed by atoms with van der Waals surface area (Å²) in [7, 11) is 0. The largest absolute Gasteiger partial charge is 0.416 e. The lowest BCUT2D eigenvalue weighted by atomic mass is 10.1. The van der Waals surface area contributed by atoms with E-state index in [2.05, 4.69) is 15.5 Å². The first-order valence-corrected chi connectivity index (χ1v) is 9.46. The van der Waals surface area contributed by atoms with E-state index in [0.717, 1.165) is 24.3 Å². The van der Waals surface area contributed by atoms with Gasteiger partial charge in [0.1, 0.15) is 0 Å². The number of nitrogens with zero attached hydrogens (tertiary/aromatic N) is 3. The van der Waals surface area contributed by atoms with Crippen molar-refractivity contribution in [2.45, 2.75) is 18.5 Å². The van der Waals surface area contributed by atoms with Gasteiger partial charge in [0.15, 0.2) is 0 Å². The summed E-state index contributed by atoms with van der Waals surface area (Å²) in [5.74, 6) is -1.02. The Labute approximate surface area is 178 Å². The van der Waals surface area contributed by atoms with E-state index in [4.69, 9.17) is 16.0 Å². The highest BCUT2D eigenvalue weighted by Gasteiger charge is 2.35. The third-order valence-corrected chi connectivity index (χ3v) is 5.00. The summed E-state index contributed by atoms with van der Waals surface area (Å²) in [6.07, 6.45) is -4.34. The molecule has 2 heterocycles.